The summed E-state index contributed by atoms with van der Waals surface area (Å²) in [5.74, 6) is 0.673. The number of fused-ring (bicyclic) bond motifs is 1. The molecule has 0 aliphatic rings. The molecule has 0 saturated heterocycles. The first-order valence-corrected chi connectivity index (χ1v) is 6.65. The van der Waals surface area contributed by atoms with Crippen LogP contribution in [0.3, 0.4) is 0 Å². The summed E-state index contributed by atoms with van der Waals surface area (Å²) in [5.41, 5.74) is 2.63. The lowest BCUT2D eigenvalue weighted by Gasteiger charge is -2.13. The van der Waals surface area contributed by atoms with Crippen molar-refractivity contribution in [2.75, 3.05) is 0 Å². The van der Waals surface area contributed by atoms with E-state index in [4.69, 9.17) is 0 Å². The van der Waals surface area contributed by atoms with Gasteiger partial charge in [-0.25, -0.2) is 9.37 Å². The summed E-state index contributed by atoms with van der Waals surface area (Å²) < 4.78 is 13.7. The number of H-pyrrole nitrogens is 1. The van der Waals surface area contributed by atoms with Crippen LogP contribution in [-0.2, 0) is 6.54 Å². The second-order valence-electron chi connectivity index (χ2n) is 4.82. The lowest BCUT2D eigenvalue weighted by molar-refractivity contribution is 0.522. The Bertz CT molecular complexity index is 687. The second-order valence-corrected chi connectivity index (χ2v) is 4.82. The Morgan fingerprint density at radius 2 is 1.90 bits per heavy atom. The van der Waals surface area contributed by atoms with Crippen LogP contribution >= 0.6 is 0 Å². The predicted octanol–water partition coefficient (Wildman–Crippen LogP) is 3.55. The highest BCUT2D eigenvalue weighted by Gasteiger charge is 2.10. The zero-order valence-electron chi connectivity index (χ0n) is 11.2. The third kappa shape index (κ3) is 2.56. The fraction of sp³-hybridized carbons (Fsp3) is 0.188. The van der Waals surface area contributed by atoms with E-state index in [0.29, 0.717) is 12.1 Å². The van der Waals surface area contributed by atoms with Gasteiger partial charge in [-0.3, -0.25) is 0 Å². The van der Waals surface area contributed by atoms with Gasteiger partial charge in [0.25, 0.3) is 0 Å². The van der Waals surface area contributed by atoms with E-state index in [0.717, 1.165) is 16.9 Å². The van der Waals surface area contributed by atoms with Gasteiger partial charge in [0.15, 0.2) is 0 Å². The molecule has 3 rings (SSSR count). The van der Waals surface area contributed by atoms with Gasteiger partial charge in [0.1, 0.15) is 11.6 Å². The van der Waals surface area contributed by atoms with Crippen molar-refractivity contribution in [3.05, 3.63) is 65.7 Å². The van der Waals surface area contributed by atoms with Gasteiger partial charge in [-0.2, -0.15) is 0 Å². The minimum Gasteiger partial charge on any atom is -0.341 e. The highest BCUT2D eigenvalue weighted by molar-refractivity contribution is 5.74. The van der Waals surface area contributed by atoms with Crippen molar-refractivity contribution < 1.29 is 4.39 Å². The second kappa shape index (κ2) is 5.43. The molecular formula is C16H16FN3. The molecule has 1 atom stereocenters. The standard InChI is InChI=1S/C16H16FN3/c1-11(12-6-2-3-7-13(12)17)18-10-16-19-14-8-4-5-9-15(14)20-16/h2-9,11,18H,10H2,1H3,(H,19,20). The van der Waals surface area contributed by atoms with Crippen LogP contribution in [0, 0.1) is 5.82 Å². The number of para-hydroxylation sites is 2. The summed E-state index contributed by atoms with van der Waals surface area (Å²) in [5, 5.41) is 3.28. The smallest absolute Gasteiger partial charge is 0.127 e. The van der Waals surface area contributed by atoms with Gasteiger partial charge in [-0.1, -0.05) is 30.3 Å². The molecule has 2 N–H and O–H groups in total. The van der Waals surface area contributed by atoms with E-state index in [2.05, 4.69) is 15.3 Å². The van der Waals surface area contributed by atoms with Gasteiger partial charge < -0.3 is 10.3 Å². The molecule has 0 amide bonds. The molecule has 0 spiro atoms. The minimum absolute atomic E-state index is 0.0654. The van der Waals surface area contributed by atoms with Crippen molar-refractivity contribution in [1.82, 2.24) is 15.3 Å². The molecule has 0 aliphatic heterocycles. The van der Waals surface area contributed by atoms with Crippen molar-refractivity contribution in [2.45, 2.75) is 19.5 Å². The Hall–Kier alpha value is -2.20. The fourth-order valence-corrected chi connectivity index (χ4v) is 2.28. The van der Waals surface area contributed by atoms with Crippen molar-refractivity contribution in [3.8, 4) is 0 Å². The largest absolute Gasteiger partial charge is 0.341 e. The summed E-state index contributed by atoms with van der Waals surface area (Å²) in [6, 6.07) is 14.6. The van der Waals surface area contributed by atoms with Gasteiger partial charge in [0, 0.05) is 11.6 Å². The summed E-state index contributed by atoms with van der Waals surface area (Å²) >= 11 is 0. The number of aromatic nitrogens is 2. The first kappa shape index (κ1) is 12.8. The summed E-state index contributed by atoms with van der Waals surface area (Å²) in [4.78, 5) is 7.74. The molecule has 0 radical (unpaired) electrons. The third-order valence-electron chi connectivity index (χ3n) is 3.39. The molecule has 3 aromatic rings. The monoisotopic (exact) mass is 269 g/mol. The van der Waals surface area contributed by atoms with Crippen LogP contribution in [0.1, 0.15) is 24.4 Å². The topological polar surface area (TPSA) is 40.7 Å². The molecular weight excluding hydrogens is 253 g/mol. The minimum atomic E-state index is -0.183. The maximum absolute atomic E-state index is 13.7. The Morgan fingerprint density at radius 1 is 1.15 bits per heavy atom. The van der Waals surface area contributed by atoms with E-state index in [1.54, 1.807) is 12.1 Å². The van der Waals surface area contributed by atoms with Crippen LogP contribution in [0.25, 0.3) is 11.0 Å². The van der Waals surface area contributed by atoms with E-state index < -0.39 is 0 Å². The summed E-state index contributed by atoms with van der Waals surface area (Å²) in [6.07, 6.45) is 0. The van der Waals surface area contributed by atoms with Crippen molar-refractivity contribution in [3.63, 3.8) is 0 Å². The maximum atomic E-state index is 13.7. The first-order chi connectivity index (χ1) is 9.74. The molecule has 2 aromatic carbocycles. The van der Waals surface area contributed by atoms with E-state index in [-0.39, 0.29) is 11.9 Å². The third-order valence-corrected chi connectivity index (χ3v) is 3.39. The molecule has 20 heavy (non-hydrogen) atoms. The molecule has 1 unspecified atom stereocenters. The molecule has 4 heteroatoms. The quantitative estimate of drug-likeness (QED) is 0.760. The van der Waals surface area contributed by atoms with Crippen LogP contribution in [0.2, 0.25) is 0 Å². The Morgan fingerprint density at radius 3 is 2.70 bits per heavy atom. The molecule has 0 fully saturated rings. The van der Waals surface area contributed by atoms with Gasteiger partial charge in [-0.05, 0) is 25.1 Å². The number of nitrogens with one attached hydrogen (secondary N) is 2. The molecule has 3 nitrogen and oxygen atoms in total. The molecule has 1 heterocycles. The number of aromatic amines is 1. The average molecular weight is 269 g/mol. The van der Waals surface area contributed by atoms with Gasteiger partial charge in [0.2, 0.25) is 0 Å². The molecule has 0 saturated carbocycles. The number of nitrogens with zero attached hydrogens (tertiary/aromatic N) is 1. The van der Waals surface area contributed by atoms with Crippen LogP contribution < -0.4 is 5.32 Å². The molecule has 1 aromatic heterocycles. The van der Waals surface area contributed by atoms with Crippen LogP contribution in [-0.4, -0.2) is 9.97 Å². The van der Waals surface area contributed by atoms with Crippen LogP contribution in [0.5, 0.6) is 0 Å². The van der Waals surface area contributed by atoms with Crippen LogP contribution in [0.4, 0.5) is 4.39 Å². The molecule has 0 bridgehead atoms. The van der Waals surface area contributed by atoms with Gasteiger partial charge in [-0.15, -0.1) is 0 Å². The van der Waals surface area contributed by atoms with E-state index in [9.17, 15) is 4.39 Å². The van der Waals surface area contributed by atoms with Crippen LogP contribution in [0.15, 0.2) is 48.5 Å². The SMILES string of the molecule is CC(NCc1nc2ccccc2[nH]1)c1ccccc1F. The Balaban J connectivity index is 1.71. The van der Waals surface area contributed by atoms with E-state index in [1.165, 1.54) is 6.07 Å². The van der Waals surface area contributed by atoms with E-state index >= 15 is 0 Å². The zero-order valence-corrected chi connectivity index (χ0v) is 11.2. The highest BCUT2D eigenvalue weighted by Crippen LogP contribution is 2.17. The highest BCUT2D eigenvalue weighted by atomic mass is 19.1. The maximum Gasteiger partial charge on any atom is 0.127 e. The summed E-state index contributed by atoms with van der Waals surface area (Å²) in [7, 11) is 0. The van der Waals surface area contributed by atoms with Crippen molar-refractivity contribution in [1.29, 1.82) is 0 Å². The molecule has 0 aliphatic carbocycles. The first-order valence-electron chi connectivity index (χ1n) is 6.65. The molecule has 102 valence electrons. The van der Waals surface area contributed by atoms with Crippen molar-refractivity contribution in [2.24, 2.45) is 0 Å². The lowest BCUT2D eigenvalue weighted by Crippen LogP contribution is -2.19. The number of imidazole rings is 1. The number of rotatable bonds is 4. The van der Waals surface area contributed by atoms with Crippen molar-refractivity contribution >= 4 is 11.0 Å². The summed E-state index contributed by atoms with van der Waals surface area (Å²) in [6.45, 7) is 2.52. The number of benzene rings is 2. The number of hydrogen-bond acceptors (Lipinski definition) is 2. The number of halogens is 1. The predicted molar refractivity (Wildman–Crippen MR) is 77.7 cm³/mol. The fourth-order valence-electron chi connectivity index (χ4n) is 2.28. The Labute approximate surface area is 116 Å². The van der Waals surface area contributed by atoms with Gasteiger partial charge >= 0.3 is 0 Å². The number of hydrogen-bond donors (Lipinski definition) is 2. The zero-order chi connectivity index (χ0) is 13.9. The van der Waals surface area contributed by atoms with Gasteiger partial charge in [0.05, 0.1) is 17.6 Å². The van der Waals surface area contributed by atoms with E-state index in [1.807, 2.05) is 37.3 Å². The lowest BCUT2D eigenvalue weighted by atomic mass is 10.1. The normalized spacial score (nSPS) is 12.7. The average Bonchev–Trinajstić information content (AvgIpc) is 2.88. The Kier molecular flexibility index (Phi) is 3.48.